The summed E-state index contributed by atoms with van der Waals surface area (Å²) in [6, 6.07) is 8.97. The molecule has 94 valence electrons. The zero-order valence-corrected chi connectivity index (χ0v) is 10.2. The van der Waals surface area contributed by atoms with Gasteiger partial charge in [0.2, 0.25) is 0 Å². The Morgan fingerprint density at radius 1 is 1.44 bits per heavy atom. The van der Waals surface area contributed by atoms with Crippen LogP contribution in [0.1, 0.15) is 12.0 Å². The molecular formula is C14H17N3O. The molecule has 1 aliphatic rings. The van der Waals surface area contributed by atoms with E-state index in [1.165, 1.54) is 11.3 Å². The topological polar surface area (TPSA) is 39.1 Å². The lowest BCUT2D eigenvalue weighted by Gasteiger charge is -2.13. The van der Waals surface area contributed by atoms with Crippen LogP contribution in [0.2, 0.25) is 0 Å². The van der Waals surface area contributed by atoms with Crippen LogP contribution in [-0.4, -0.2) is 28.8 Å². The van der Waals surface area contributed by atoms with Gasteiger partial charge in [-0.15, -0.1) is 0 Å². The molecule has 1 N–H and O–H groups in total. The van der Waals surface area contributed by atoms with E-state index in [9.17, 15) is 0 Å². The molecule has 0 bridgehead atoms. The van der Waals surface area contributed by atoms with Crippen molar-refractivity contribution in [1.82, 2.24) is 9.55 Å². The minimum absolute atomic E-state index is 0.452. The van der Waals surface area contributed by atoms with Crippen molar-refractivity contribution in [1.29, 1.82) is 0 Å². The minimum atomic E-state index is 0.452. The fourth-order valence-electron chi connectivity index (χ4n) is 2.23. The largest absolute Gasteiger partial charge is 0.380 e. The van der Waals surface area contributed by atoms with Crippen LogP contribution >= 0.6 is 0 Å². The van der Waals surface area contributed by atoms with Crippen molar-refractivity contribution in [3.63, 3.8) is 0 Å². The number of rotatable bonds is 4. The minimum Gasteiger partial charge on any atom is -0.380 e. The number of nitrogens with zero attached hydrogens (tertiary/aromatic N) is 2. The third-order valence-electron chi connectivity index (χ3n) is 3.15. The highest BCUT2D eigenvalue weighted by atomic mass is 16.5. The van der Waals surface area contributed by atoms with Gasteiger partial charge in [0.05, 0.1) is 19.0 Å². The van der Waals surface area contributed by atoms with Crippen molar-refractivity contribution < 1.29 is 4.74 Å². The molecule has 0 radical (unpaired) electrons. The Morgan fingerprint density at radius 3 is 3.22 bits per heavy atom. The first-order chi connectivity index (χ1) is 8.90. The predicted molar refractivity (Wildman–Crippen MR) is 70.6 cm³/mol. The van der Waals surface area contributed by atoms with Crippen molar-refractivity contribution in [2.45, 2.75) is 19.0 Å². The summed E-state index contributed by atoms with van der Waals surface area (Å²) in [4.78, 5) is 4.05. The number of hydrogen-bond donors (Lipinski definition) is 1. The zero-order valence-electron chi connectivity index (χ0n) is 10.2. The van der Waals surface area contributed by atoms with E-state index in [0.717, 1.165) is 26.2 Å². The van der Waals surface area contributed by atoms with Gasteiger partial charge < -0.3 is 14.6 Å². The van der Waals surface area contributed by atoms with Gasteiger partial charge in [-0.3, -0.25) is 0 Å². The third kappa shape index (κ3) is 2.71. The standard InChI is InChI=1S/C14H17N3O/c1-2-12(9-17-6-5-15-11-17)8-13(3-1)16-14-4-7-18-10-14/h1-3,5-6,8,11,14,16H,4,7,9-10H2. The van der Waals surface area contributed by atoms with Crippen LogP contribution in [0.25, 0.3) is 0 Å². The predicted octanol–water partition coefficient (Wildman–Crippen LogP) is 2.13. The van der Waals surface area contributed by atoms with Crippen molar-refractivity contribution in [2.24, 2.45) is 0 Å². The van der Waals surface area contributed by atoms with Crippen LogP contribution in [0.4, 0.5) is 5.69 Å². The molecule has 0 aliphatic carbocycles. The van der Waals surface area contributed by atoms with Crippen LogP contribution in [0.5, 0.6) is 0 Å². The smallest absolute Gasteiger partial charge is 0.0949 e. The van der Waals surface area contributed by atoms with Gasteiger partial charge in [0.1, 0.15) is 0 Å². The highest BCUT2D eigenvalue weighted by Gasteiger charge is 2.14. The Labute approximate surface area is 107 Å². The molecule has 1 unspecified atom stereocenters. The van der Waals surface area contributed by atoms with Gasteiger partial charge in [-0.25, -0.2) is 4.98 Å². The van der Waals surface area contributed by atoms with E-state index in [0.29, 0.717) is 6.04 Å². The van der Waals surface area contributed by atoms with E-state index in [1.807, 2.05) is 12.5 Å². The highest BCUT2D eigenvalue weighted by Crippen LogP contribution is 2.16. The molecule has 2 heterocycles. The number of ether oxygens (including phenoxy) is 1. The highest BCUT2D eigenvalue weighted by molar-refractivity contribution is 5.46. The number of benzene rings is 1. The molecule has 1 aromatic heterocycles. The van der Waals surface area contributed by atoms with Crippen molar-refractivity contribution >= 4 is 5.69 Å². The lowest BCUT2D eigenvalue weighted by molar-refractivity contribution is 0.195. The Balaban J connectivity index is 1.68. The van der Waals surface area contributed by atoms with Gasteiger partial charge in [0.25, 0.3) is 0 Å². The van der Waals surface area contributed by atoms with E-state index in [1.54, 1.807) is 6.20 Å². The first kappa shape index (κ1) is 11.3. The van der Waals surface area contributed by atoms with Crippen LogP contribution in [0.3, 0.4) is 0 Å². The monoisotopic (exact) mass is 243 g/mol. The Morgan fingerprint density at radius 2 is 2.44 bits per heavy atom. The molecule has 0 saturated carbocycles. The number of imidazole rings is 1. The molecule has 2 aromatic rings. The Kier molecular flexibility index (Phi) is 3.28. The molecule has 18 heavy (non-hydrogen) atoms. The summed E-state index contributed by atoms with van der Waals surface area (Å²) in [5.74, 6) is 0. The second kappa shape index (κ2) is 5.23. The fourth-order valence-corrected chi connectivity index (χ4v) is 2.23. The summed E-state index contributed by atoms with van der Waals surface area (Å²) in [7, 11) is 0. The van der Waals surface area contributed by atoms with E-state index in [-0.39, 0.29) is 0 Å². The maximum absolute atomic E-state index is 5.37. The number of nitrogens with one attached hydrogen (secondary N) is 1. The van der Waals surface area contributed by atoms with Gasteiger partial charge in [0, 0.05) is 31.2 Å². The number of hydrogen-bond acceptors (Lipinski definition) is 3. The maximum Gasteiger partial charge on any atom is 0.0949 e. The van der Waals surface area contributed by atoms with Gasteiger partial charge >= 0.3 is 0 Å². The molecule has 1 fully saturated rings. The van der Waals surface area contributed by atoms with E-state index in [2.05, 4.69) is 39.1 Å². The first-order valence-electron chi connectivity index (χ1n) is 6.29. The molecule has 4 nitrogen and oxygen atoms in total. The third-order valence-corrected chi connectivity index (χ3v) is 3.15. The molecule has 3 rings (SSSR count). The number of aromatic nitrogens is 2. The summed E-state index contributed by atoms with van der Waals surface area (Å²) in [6.07, 6.45) is 6.71. The average molecular weight is 243 g/mol. The van der Waals surface area contributed by atoms with Gasteiger partial charge in [-0.2, -0.15) is 0 Å². The summed E-state index contributed by atoms with van der Waals surface area (Å²) < 4.78 is 7.44. The summed E-state index contributed by atoms with van der Waals surface area (Å²) in [5.41, 5.74) is 2.44. The molecule has 1 saturated heterocycles. The lowest BCUT2D eigenvalue weighted by Crippen LogP contribution is -2.18. The van der Waals surface area contributed by atoms with Crippen LogP contribution < -0.4 is 5.32 Å². The summed E-state index contributed by atoms with van der Waals surface area (Å²) >= 11 is 0. The van der Waals surface area contributed by atoms with Crippen molar-refractivity contribution in [3.8, 4) is 0 Å². The molecule has 4 heteroatoms. The molecule has 1 aliphatic heterocycles. The Hall–Kier alpha value is -1.81. The van der Waals surface area contributed by atoms with E-state index in [4.69, 9.17) is 4.74 Å². The first-order valence-corrected chi connectivity index (χ1v) is 6.29. The van der Waals surface area contributed by atoms with Crippen LogP contribution in [0.15, 0.2) is 43.0 Å². The maximum atomic E-state index is 5.37. The average Bonchev–Trinajstić information content (AvgIpc) is 3.03. The van der Waals surface area contributed by atoms with Gasteiger partial charge in [-0.1, -0.05) is 12.1 Å². The molecule has 1 aromatic carbocycles. The number of anilines is 1. The molecule has 1 atom stereocenters. The van der Waals surface area contributed by atoms with Gasteiger partial charge in [0.15, 0.2) is 0 Å². The van der Waals surface area contributed by atoms with E-state index < -0.39 is 0 Å². The molecule has 0 spiro atoms. The SMILES string of the molecule is c1cc(Cn2ccnc2)cc(NC2CCOC2)c1. The molecule has 0 amide bonds. The van der Waals surface area contributed by atoms with Crippen LogP contribution in [-0.2, 0) is 11.3 Å². The second-order valence-electron chi connectivity index (χ2n) is 4.64. The lowest BCUT2D eigenvalue weighted by atomic mass is 10.1. The van der Waals surface area contributed by atoms with E-state index >= 15 is 0 Å². The van der Waals surface area contributed by atoms with Crippen molar-refractivity contribution in [3.05, 3.63) is 48.5 Å². The molecular weight excluding hydrogens is 226 g/mol. The second-order valence-corrected chi connectivity index (χ2v) is 4.64. The summed E-state index contributed by atoms with van der Waals surface area (Å²) in [5, 5.41) is 3.51. The fraction of sp³-hybridized carbons (Fsp3) is 0.357. The summed E-state index contributed by atoms with van der Waals surface area (Å²) in [6.45, 7) is 2.54. The normalized spacial score (nSPS) is 19.0. The van der Waals surface area contributed by atoms with Crippen LogP contribution in [0, 0.1) is 0 Å². The Bertz CT molecular complexity index is 490. The quantitative estimate of drug-likeness (QED) is 0.894. The zero-order chi connectivity index (χ0) is 12.2. The van der Waals surface area contributed by atoms with Crippen molar-refractivity contribution in [2.75, 3.05) is 18.5 Å². The van der Waals surface area contributed by atoms with Gasteiger partial charge in [-0.05, 0) is 24.1 Å².